The molecular formula is C14H14BrClN2. The Morgan fingerprint density at radius 3 is 2.50 bits per heavy atom. The summed E-state index contributed by atoms with van der Waals surface area (Å²) in [5.41, 5.74) is 5.05. The first-order valence-electron chi connectivity index (χ1n) is 5.65. The van der Waals surface area contributed by atoms with Gasteiger partial charge in [-0.05, 0) is 29.7 Å². The first-order valence-corrected chi connectivity index (χ1v) is 6.83. The highest BCUT2D eigenvalue weighted by molar-refractivity contribution is 9.10. The minimum atomic E-state index is 0.00741. The zero-order chi connectivity index (χ0) is 13.0. The van der Waals surface area contributed by atoms with Gasteiger partial charge in [-0.15, -0.1) is 0 Å². The third-order valence-corrected chi connectivity index (χ3v) is 3.64. The fourth-order valence-corrected chi connectivity index (χ4v) is 2.70. The Kier molecular flexibility index (Phi) is 4.78. The van der Waals surface area contributed by atoms with Crippen molar-refractivity contribution < 1.29 is 0 Å². The molecule has 0 heterocycles. The van der Waals surface area contributed by atoms with Crippen LogP contribution in [0.2, 0.25) is 5.02 Å². The zero-order valence-corrected chi connectivity index (χ0v) is 12.1. The lowest BCUT2D eigenvalue weighted by molar-refractivity contribution is 0.552. The molecule has 0 saturated heterocycles. The monoisotopic (exact) mass is 324 g/mol. The molecule has 0 aromatic heterocycles. The predicted molar refractivity (Wildman–Crippen MR) is 79.4 cm³/mol. The van der Waals surface area contributed by atoms with Crippen LogP contribution in [0.5, 0.6) is 0 Å². The van der Waals surface area contributed by atoms with Crippen molar-refractivity contribution in [2.24, 2.45) is 5.84 Å². The fraction of sp³-hybridized carbons (Fsp3) is 0.143. The molecule has 2 nitrogen and oxygen atoms in total. The van der Waals surface area contributed by atoms with Crippen LogP contribution in [0.3, 0.4) is 0 Å². The second kappa shape index (κ2) is 6.34. The summed E-state index contributed by atoms with van der Waals surface area (Å²) in [5.74, 6) is 5.64. The molecule has 0 bridgehead atoms. The van der Waals surface area contributed by atoms with Gasteiger partial charge in [0.15, 0.2) is 0 Å². The van der Waals surface area contributed by atoms with Gasteiger partial charge in [0.2, 0.25) is 0 Å². The largest absolute Gasteiger partial charge is 0.271 e. The van der Waals surface area contributed by atoms with Gasteiger partial charge in [0.1, 0.15) is 0 Å². The van der Waals surface area contributed by atoms with E-state index in [4.69, 9.17) is 17.4 Å². The minimum Gasteiger partial charge on any atom is -0.271 e. The number of hydrogen-bond donors (Lipinski definition) is 2. The average molecular weight is 326 g/mol. The van der Waals surface area contributed by atoms with Crippen LogP contribution in [0.4, 0.5) is 0 Å². The number of rotatable bonds is 4. The second-order valence-corrected chi connectivity index (χ2v) is 5.40. The Labute approximate surface area is 120 Å². The average Bonchev–Trinajstić information content (AvgIpc) is 2.38. The third kappa shape index (κ3) is 3.33. The molecule has 0 aliphatic rings. The number of benzene rings is 2. The number of nitrogens with two attached hydrogens (primary N) is 1. The van der Waals surface area contributed by atoms with E-state index in [0.717, 1.165) is 16.5 Å². The van der Waals surface area contributed by atoms with Gasteiger partial charge in [-0.2, -0.15) is 0 Å². The molecule has 0 amide bonds. The normalized spacial score (nSPS) is 12.4. The van der Waals surface area contributed by atoms with Gasteiger partial charge in [0.05, 0.1) is 6.04 Å². The molecule has 2 aromatic rings. The molecule has 0 saturated carbocycles. The van der Waals surface area contributed by atoms with E-state index in [1.165, 1.54) is 5.56 Å². The van der Waals surface area contributed by atoms with E-state index < -0.39 is 0 Å². The summed E-state index contributed by atoms with van der Waals surface area (Å²) in [5, 5.41) is 0.711. The summed E-state index contributed by atoms with van der Waals surface area (Å²) in [4.78, 5) is 0. The van der Waals surface area contributed by atoms with Crippen molar-refractivity contribution in [1.29, 1.82) is 0 Å². The molecule has 1 atom stereocenters. The lowest BCUT2D eigenvalue weighted by Crippen LogP contribution is -2.29. The molecular weight excluding hydrogens is 312 g/mol. The molecule has 0 aliphatic heterocycles. The molecule has 2 aromatic carbocycles. The van der Waals surface area contributed by atoms with Crippen LogP contribution < -0.4 is 11.3 Å². The van der Waals surface area contributed by atoms with Crippen LogP contribution in [0.15, 0.2) is 53.0 Å². The van der Waals surface area contributed by atoms with Crippen molar-refractivity contribution in [3.63, 3.8) is 0 Å². The molecule has 0 spiro atoms. The second-order valence-electron chi connectivity index (χ2n) is 4.07. The highest BCUT2D eigenvalue weighted by Gasteiger charge is 2.14. The summed E-state index contributed by atoms with van der Waals surface area (Å²) >= 11 is 9.64. The maximum absolute atomic E-state index is 6.24. The van der Waals surface area contributed by atoms with E-state index >= 15 is 0 Å². The lowest BCUT2D eigenvalue weighted by atomic mass is 9.99. The quantitative estimate of drug-likeness (QED) is 0.662. The van der Waals surface area contributed by atoms with E-state index in [1.807, 2.05) is 36.4 Å². The van der Waals surface area contributed by atoms with Gasteiger partial charge in [-0.25, -0.2) is 0 Å². The van der Waals surface area contributed by atoms with E-state index in [9.17, 15) is 0 Å². The van der Waals surface area contributed by atoms with Crippen molar-refractivity contribution in [3.05, 3.63) is 69.2 Å². The standard InChI is InChI=1S/C14H14BrClN2/c15-11-6-7-12(13(16)9-11)14(18-17)8-10-4-2-1-3-5-10/h1-7,9,14,18H,8,17H2. The minimum absolute atomic E-state index is 0.00741. The van der Waals surface area contributed by atoms with E-state index in [-0.39, 0.29) is 6.04 Å². The topological polar surface area (TPSA) is 38.0 Å². The molecule has 4 heteroatoms. The van der Waals surface area contributed by atoms with Crippen molar-refractivity contribution in [3.8, 4) is 0 Å². The molecule has 18 heavy (non-hydrogen) atoms. The van der Waals surface area contributed by atoms with Crippen molar-refractivity contribution in [2.75, 3.05) is 0 Å². The van der Waals surface area contributed by atoms with E-state index in [1.54, 1.807) is 0 Å². The van der Waals surface area contributed by atoms with Crippen molar-refractivity contribution in [1.82, 2.24) is 5.43 Å². The maximum Gasteiger partial charge on any atom is 0.0515 e. The zero-order valence-electron chi connectivity index (χ0n) is 9.74. The Bertz CT molecular complexity index is 516. The summed E-state index contributed by atoms with van der Waals surface area (Å²) in [6.45, 7) is 0. The first kappa shape index (κ1) is 13.6. The Hall–Kier alpha value is -0.870. The molecule has 0 radical (unpaired) electrons. The van der Waals surface area contributed by atoms with Crippen molar-refractivity contribution in [2.45, 2.75) is 12.5 Å². The molecule has 1 unspecified atom stereocenters. The number of halogens is 2. The van der Waals surface area contributed by atoms with E-state index in [2.05, 4.69) is 33.5 Å². The van der Waals surface area contributed by atoms with Crippen LogP contribution in [0.1, 0.15) is 17.2 Å². The van der Waals surface area contributed by atoms with Gasteiger partial charge in [-0.3, -0.25) is 11.3 Å². The van der Waals surface area contributed by atoms with Crippen LogP contribution in [0, 0.1) is 0 Å². The molecule has 0 fully saturated rings. The van der Waals surface area contributed by atoms with Gasteiger partial charge in [-0.1, -0.05) is 63.9 Å². The predicted octanol–water partition coefficient (Wildman–Crippen LogP) is 3.85. The lowest BCUT2D eigenvalue weighted by Gasteiger charge is -2.18. The number of hydrazine groups is 1. The van der Waals surface area contributed by atoms with Crippen LogP contribution in [0.25, 0.3) is 0 Å². The smallest absolute Gasteiger partial charge is 0.0515 e. The first-order chi connectivity index (χ1) is 8.70. The Balaban J connectivity index is 2.23. The number of nitrogens with one attached hydrogen (secondary N) is 1. The summed E-state index contributed by atoms with van der Waals surface area (Å²) in [7, 11) is 0. The van der Waals surface area contributed by atoms with Crippen molar-refractivity contribution >= 4 is 27.5 Å². The summed E-state index contributed by atoms with van der Waals surface area (Å²) in [6.07, 6.45) is 0.804. The molecule has 94 valence electrons. The third-order valence-electron chi connectivity index (χ3n) is 2.82. The van der Waals surface area contributed by atoms with Gasteiger partial charge in [0.25, 0.3) is 0 Å². The summed E-state index contributed by atoms with van der Waals surface area (Å²) < 4.78 is 0.965. The fourth-order valence-electron chi connectivity index (χ4n) is 1.89. The number of hydrogen-bond acceptors (Lipinski definition) is 2. The van der Waals surface area contributed by atoms with Gasteiger partial charge >= 0.3 is 0 Å². The van der Waals surface area contributed by atoms with Crippen LogP contribution >= 0.6 is 27.5 Å². The Morgan fingerprint density at radius 1 is 1.17 bits per heavy atom. The van der Waals surface area contributed by atoms with Crippen LogP contribution in [-0.2, 0) is 6.42 Å². The SMILES string of the molecule is NNC(Cc1ccccc1)c1ccc(Br)cc1Cl. The Morgan fingerprint density at radius 2 is 1.89 bits per heavy atom. The van der Waals surface area contributed by atoms with Gasteiger partial charge in [0, 0.05) is 9.50 Å². The highest BCUT2D eigenvalue weighted by Crippen LogP contribution is 2.28. The summed E-state index contributed by atoms with van der Waals surface area (Å²) in [6, 6.07) is 16.0. The maximum atomic E-state index is 6.24. The van der Waals surface area contributed by atoms with E-state index in [0.29, 0.717) is 5.02 Å². The molecule has 2 rings (SSSR count). The van der Waals surface area contributed by atoms with Crippen LogP contribution in [-0.4, -0.2) is 0 Å². The molecule has 3 N–H and O–H groups in total. The van der Waals surface area contributed by atoms with Gasteiger partial charge < -0.3 is 0 Å². The molecule has 0 aliphatic carbocycles. The highest BCUT2D eigenvalue weighted by atomic mass is 79.9.